The first kappa shape index (κ1) is 25.6. The van der Waals surface area contributed by atoms with Gasteiger partial charge in [0.15, 0.2) is 0 Å². The fourth-order valence-corrected chi connectivity index (χ4v) is 4.53. The Morgan fingerprint density at radius 3 is 2.78 bits per heavy atom. The second kappa shape index (κ2) is 11.1. The molecule has 4 rings (SSSR count). The van der Waals surface area contributed by atoms with Crippen LogP contribution in [-0.4, -0.2) is 70.7 Å². The van der Waals surface area contributed by atoms with Gasteiger partial charge in [-0.2, -0.15) is 0 Å². The number of fused-ring (bicyclic) bond motifs is 1. The Balaban J connectivity index is 1.58. The predicted octanol–water partition coefficient (Wildman–Crippen LogP) is 4.17. The summed E-state index contributed by atoms with van der Waals surface area (Å²) in [4.78, 5) is 34.0. The van der Waals surface area contributed by atoms with Crippen molar-refractivity contribution in [1.82, 2.24) is 14.8 Å². The smallest absolute Gasteiger partial charge is 0.321 e. The van der Waals surface area contributed by atoms with Crippen LogP contribution in [0.2, 0.25) is 0 Å². The number of aliphatic hydroxyl groups is 1. The Labute approximate surface area is 210 Å². The molecule has 0 radical (unpaired) electrons. The number of carbonyl (C=O) groups is 2. The van der Waals surface area contributed by atoms with Crippen LogP contribution in [0, 0.1) is 11.7 Å². The van der Waals surface area contributed by atoms with E-state index in [0.717, 1.165) is 24.8 Å². The van der Waals surface area contributed by atoms with Crippen molar-refractivity contribution in [2.24, 2.45) is 5.92 Å². The highest BCUT2D eigenvalue weighted by Gasteiger charge is 2.35. The molecule has 2 aromatic rings. The maximum atomic E-state index is 13.5. The molecule has 0 unspecified atom stereocenters. The lowest BCUT2D eigenvalue weighted by Gasteiger charge is -2.37. The van der Waals surface area contributed by atoms with Gasteiger partial charge in [0.1, 0.15) is 17.5 Å². The lowest BCUT2D eigenvalue weighted by Crippen LogP contribution is -2.50. The molecule has 1 aromatic carbocycles. The van der Waals surface area contributed by atoms with E-state index in [0.29, 0.717) is 17.8 Å². The number of nitrogens with one attached hydrogen (secondary N) is 1. The summed E-state index contributed by atoms with van der Waals surface area (Å²) < 4.78 is 19.5. The van der Waals surface area contributed by atoms with Gasteiger partial charge in [0.2, 0.25) is 5.88 Å². The van der Waals surface area contributed by atoms with Crippen LogP contribution in [0.1, 0.15) is 49.0 Å². The van der Waals surface area contributed by atoms with Crippen molar-refractivity contribution in [3.8, 4) is 5.88 Å². The van der Waals surface area contributed by atoms with Gasteiger partial charge in [0.05, 0.1) is 19.2 Å². The van der Waals surface area contributed by atoms with Crippen molar-refractivity contribution in [3.63, 3.8) is 0 Å². The van der Waals surface area contributed by atoms with E-state index in [1.165, 1.54) is 34.7 Å². The maximum absolute atomic E-state index is 13.5. The van der Waals surface area contributed by atoms with Crippen LogP contribution in [-0.2, 0) is 0 Å². The molecule has 9 heteroatoms. The number of anilines is 1. The molecule has 0 saturated heterocycles. The monoisotopic (exact) mass is 496 g/mol. The number of rotatable bonds is 6. The summed E-state index contributed by atoms with van der Waals surface area (Å²) in [6.45, 7) is 4.17. The zero-order valence-electron chi connectivity index (χ0n) is 20.9. The van der Waals surface area contributed by atoms with Gasteiger partial charge in [-0.1, -0.05) is 13.0 Å². The molecule has 36 heavy (non-hydrogen) atoms. The number of hydrogen-bond donors (Lipinski definition) is 2. The molecule has 0 bridgehead atoms. The Hall–Kier alpha value is -3.46. The van der Waals surface area contributed by atoms with E-state index in [1.54, 1.807) is 25.1 Å². The minimum absolute atomic E-state index is 0.156. The summed E-state index contributed by atoms with van der Waals surface area (Å²) >= 11 is 0. The first-order chi connectivity index (χ1) is 17.3. The highest BCUT2D eigenvalue weighted by Crippen LogP contribution is 2.32. The summed E-state index contributed by atoms with van der Waals surface area (Å²) in [5, 5.41) is 12.6. The number of benzene rings is 1. The number of aromatic nitrogens is 1. The van der Waals surface area contributed by atoms with Gasteiger partial charge in [-0.05, 0) is 67.7 Å². The van der Waals surface area contributed by atoms with Gasteiger partial charge in [-0.3, -0.25) is 4.79 Å². The average molecular weight is 497 g/mol. The third-order valence-corrected chi connectivity index (χ3v) is 6.83. The summed E-state index contributed by atoms with van der Waals surface area (Å²) in [5.41, 5.74) is 2.91. The molecule has 8 nitrogen and oxygen atoms in total. The Morgan fingerprint density at radius 1 is 1.36 bits per heavy atom. The number of aliphatic hydroxyl groups excluding tert-OH is 1. The lowest BCUT2D eigenvalue weighted by molar-refractivity contribution is 0.0356. The molecule has 3 atom stereocenters. The summed E-state index contributed by atoms with van der Waals surface area (Å²) in [7, 11) is 1.65. The second-order valence-electron chi connectivity index (χ2n) is 9.64. The minimum atomic E-state index is -0.460. The third kappa shape index (κ3) is 5.67. The fourth-order valence-electron chi connectivity index (χ4n) is 4.53. The van der Waals surface area contributed by atoms with Gasteiger partial charge in [0, 0.05) is 31.4 Å². The molecule has 2 aliphatic rings. The molecule has 3 amide bonds. The molecular formula is C27H33FN4O4. The van der Waals surface area contributed by atoms with Crippen molar-refractivity contribution in [2.75, 3.05) is 32.1 Å². The van der Waals surface area contributed by atoms with Crippen LogP contribution in [0.15, 0.2) is 42.6 Å². The zero-order valence-corrected chi connectivity index (χ0v) is 20.9. The van der Waals surface area contributed by atoms with Gasteiger partial charge < -0.3 is 25.0 Å². The largest absolute Gasteiger partial charge is 0.472 e. The van der Waals surface area contributed by atoms with Crippen molar-refractivity contribution in [1.29, 1.82) is 0 Å². The molecule has 0 spiro atoms. The molecule has 2 heterocycles. The number of carbonyl (C=O) groups excluding carboxylic acids is 2. The standard InChI is InChI=1S/C27H33FN4O4/c1-17-14-32(18(2)16-33)26(34)23-12-20(19-6-4-5-7-19)13-29-25(23)36-24(17)15-31(3)27(35)30-22-10-8-21(28)9-11-22/h6,8-13,17-18,24,33H,4-5,7,14-16H2,1-3H3,(H,30,35)/t17-,18-,24+/m1/s1. The van der Waals surface area contributed by atoms with Crippen LogP contribution in [0.25, 0.3) is 5.57 Å². The molecule has 1 aliphatic carbocycles. The van der Waals surface area contributed by atoms with Crippen LogP contribution >= 0.6 is 0 Å². The van der Waals surface area contributed by atoms with Gasteiger partial charge >= 0.3 is 6.03 Å². The van der Waals surface area contributed by atoms with E-state index in [9.17, 15) is 19.1 Å². The quantitative estimate of drug-likeness (QED) is 0.626. The average Bonchev–Trinajstić information content (AvgIpc) is 3.42. The predicted molar refractivity (Wildman–Crippen MR) is 135 cm³/mol. The molecule has 2 N–H and O–H groups in total. The Bertz CT molecular complexity index is 1140. The van der Waals surface area contributed by atoms with E-state index in [4.69, 9.17) is 4.74 Å². The summed E-state index contributed by atoms with van der Waals surface area (Å²) in [5.74, 6) is -0.544. The maximum Gasteiger partial charge on any atom is 0.321 e. The molecule has 1 aliphatic heterocycles. The van der Waals surface area contributed by atoms with E-state index >= 15 is 0 Å². The number of nitrogens with zero attached hydrogens (tertiary/aromatic N) is 3. The SMILES string of the molecule is C[C@@H]1CN([C@H](C)CO)C(=O)c2cc(C3=CCCC3)cnc2O[C@H]1CN(C)C(=O)Nc1ccc(F)cc1. The number of hydrogen-bond acceptors (Lipinski definition) is 5. The topological polar surface area (TPSA) is 95.0 Å². The number of amides is 3. The molecule has 0 saturated carbocycles. The zero-order chi connectivity index (χ0) is 25.8. The van der Waals surface area contributed by atoms with Crippen LogP contribution in [0.4, 0.5) is 14.9 Å². The highest BCUT2D eigenvalue weighted by molar-refractivity contribution is 5.97. The molecular weight excluding hydrogens is 463 g/mol. The fraction of sp³-hybridized carbons (Fsp3) is 0.444. The highest BCUT2D eigenvalue weighted by atomic mass is 19.1. The number of urea groups is 1. The van der Waals surface area contributed by atoms with E-state index < -0.39 is 6.10 Å². The van der Waals surface area contributed by atoms with Gasteiger partial charge in [-0.25, -0.2) is 14.2 Å². The molecule has 192 valence electrons. The van der Waals surface area contributed by atoms with Crippen LogP contribution < -0.4 is 10.1 Å². The van der Waals surface area contributed by atoms with Crippen LogP contribution in [0.5, 0.6) is 5.88 Å². The Morgan fingerprint density at radius 2 is 2.11 bits per heavy atom. The summed E-state index contributed by atoms with van der Waals surface area (Å²) in [6, 6.07) is 6.62. The number of likely N-dealkylation sites (N-methyl/N-ethyl adjacent to an activating group) is 1. The van der Waals surface area contributed by atoms with Crippen molar-refractivity contribution >= 4 is 23.2 Å². The normalized spacial score (nSPS) is 20.5. The Kier molecular flexibility index (Phi) is 7.88. The summed E-state index contributed by atoms with van der Waals surface area (Å²) in [6.07, 6.45) is 6.48. The second-order valence-corrected chi connectivity index (χ2v) is 9.64. The molecule has 1 aromatic heterocycles. The first-order valence-electron chi connectivity index (χ1n) is 12.3. The van der Waals surface area contributed by atoms with E-state index in [1.807, 2.05) is 13.0 Å². The van der Waals surface area contributed by atoms with Gasteiger partial charge in [0.25, 0.3) is 5.91 Å². The number of halogens is 1. The first-order valence-corrected chi connectivity index (χ1v) is 12.3. The van der Waals surface area contributed by atoms with Crippen molar-refractivity contribution < 1.29 is 23.8 Å². The number of pyridine rings is 1. The van der Waals surface area contributed by atoms with E-state index in [-0.39, 0.29) is 48.7 Å². The van der Waals surface area contributed by atoms with Crippen molar-refractivity contribution in [2.45, 2.75) is 45.3 Å². The lowest BCUT2D eigenvalue weighted by atomic mass is 9.99. The van der Waals surface area contributed by atoms with Crippen LogP contribution in [0.3, 0.4) is 0 Å². The number of ether oxygens (including phenoxy) is 1. The van der Waals surface area contributed by atoms with Gasteiger partial charge in [-0.15, -0.1) is 0 Å². The molecule has 0 fully saturated rings. The third-order valence-electron chi connectivity index (χ3n) is 6.83. The minimum Gasteiger partial charge on any atom is -0.472 e. The van der Waals surface area contributed by atoms with E-state index in [2.05, 4.69) is 16.4 Å². The number of allylic oxidation sites excluding steroid dienone is 2. The van der Waals surface area contributed by atoms with Crippen molar-refractivity contribution in [3.05, 3.63) is 59.5 Å².